The van der Waals surface area contributed by atoms with Crippen LogP contribution in [-0.4, -0.2) is 85.5 Å². The Morgan fingerprint density at radius 3 is 1.56 bits per heavy atom. The second kappa shape index (κ2) is 11.8. The fourth-order valence-electron chi connectivity index (χ4n) is 13.3. The van der Waals surface area contributed by atoms with Gasteiger partial charge in [-0.2, -0.15) is 0 Å². The lowest BCUT2D eigenvalue weighted by Crippen LogP contribution is -2.71. The molecule has 12 rings (SSSR count). The van der Waals surface area contributed by atoms with E-state index < -0.39 is 56.6 Å². The average Bonchev–Trinajstić information content (AvgIpc) is 3.20. The topological polar surface area (TPSA) is 126 Å². The number of fused-ring (bicyclic) bond motifs is 4. The molecule has 0 radical (unpaired) electrons. The molecule has 0 aromatic rings. The molecule has 3 spiro atoms. The first-order valence-electron chi connectivity index (χ1n) is 20.6. The first-order chi connectivity index (χ1) is 24.6. The zero-order valence-corrected chi connectivity index (χ0v) is 32.7. The lowest BCUT2D eigenvalue weighted by molar-refractivity contribution is -0.572. The van der Waals surface area contributed by atoms with Crippen molar-refractivity contribution in [3.05, 3.63) is 0 Å². The van der Waals surface area contributed by atoms with Crippen LogP contribution in [0.5, 0.6) is 0 Å². The van der Waals surface area contributed by atoms with Gasteiger partial charge < -0.3 is 28.4 Å². The fourth-order valence-corrected chi connectivity index (χ4v) is 14.7. The Labute approximate surface area is 308 Å². The monoisotopic (exact) mass is 752 g/mol. The van der Waals surface area contributed by atoms with Gasteiger partial charge in [0.1, 0.15) is 0 Å². The summed E-state index contributed by atoms with van der Waals surface area (Å²) in [6, 6.07) is 0. The van der Waals surface area contributed by atoms with Gasteiger partial charge in [0.05, 0.1) is 35.9 Å². The van der Waals surface area contributed by atoms with Crippen molar-refractivity contribution in [1.82, 2.24) is 0 Å². The molecule has 2 saturated carbocycles. The SMILES string of the molecule is C[C@H]1[C@@H](CC2(C[C@H]3O[C@@H]4O[C@@]5(C)CC[C@H]6[C@H](C)CC[C@@H]([C@H]3C)[C@@]46OO5)COC3(CCS(=O)(=O)CC3)O2)O[C@@H]2O[C@@]3(C)CC[C@H]4[C@H](C)CC[C@@H]1[C@@]24OO3. The molecule has 52 heavy (non-hydrogen) atoms. The molecule has 12 nitrogen and oxygen atoms in total. The summed E-state index contributed by atoms with van der Waals surface area (Å²) in [6.45, 7) is 13.5. The summed E-state index contributed by atoms with van der Waals surface area (Å²) in [5.41, 5.74) is -2.09. The fraction of sp³-hybridized carbons (Fsp3) is 1.00. The van der Waals surface area contributed by atoms with Crippen molar-refractivity contribution >= 4 is 9.84 Å². The Balaban J connectivity index is 0.981. The maximum atomic E-state index is 12.6. The van der Waals surface area contributed by atoms with Gasteiger partial charge in [-0.3, -0.25) is 0 Å². The van der Waals surface area contributed by atoms with E-state index in [-0.39, 0.29) is 59.2 Å². The van der Waals surface area contributed by atoms with Gasteiger partial charge in [0.2, 0.25) is 11.6 Å². The molecule has 16 atom stereocenters. The van der Waals surface area contributed by atoms with E-state index in [1.54, 1.807) is 0 Å². The van der Waals surface area contributed by atoms with E-state index in [0.717, 1.165) is 51.4 Å². The van der Waals surface area contributed by atoms with Crippen LogP contribution in [0.15, 0.2) is 0 Å². The van der Waals surface area contributed by atoms with Crippen LogP contribution in [0.2, 0.25) is 0 Å². The molecule has 10 saturated heterocycles. The molecule has 294 valence electrons. The van der Waals surface area contributed by atoms with Crippen molar-refractivity contribution in [3.63, 3.8) is 0 Å². The van der Waals surface area contributed by atoms with Gasteiger partial charge in [-0.05, 0) is 87.9 Å². The second-order valence-corrected chi connectivity index (χ2v) is 21.7. The van der Waals surface area contributed by atoms with Gasteiger partial charge in [0, 0.05) is 50.4 Å². The zero-order chi connectivity index (χ0) is 36.1. The minimum atomic E-state index is -3.13. The van der Waals surface area contributed by atoms with Crippen molar-refractivity contribution in [3.8, 4) is 0 Å². The predicted molar refractivity (Wildman–Crippen MR) is 183 cm³/mol. The maximum absolute atomic E-state index is 12.6. The van der Waals surface area contributed by atoms with Crippen LogP contribution in [0.1, 0.15) is 119 Å². The minimum absolute atomic E-state index is 0.0573. The van der Waals surface area contributed by atoms with Gasteiger partial charge in [0.25, 0.3) is 0 Å². The number of ether oxygens (including phenoxy) is 6. The summed E-state index contributed by atoms with van der Waals surface area (Å²) >= 11 is 0. The van der Waals surface area contributed by atoms with Gasteiger partial charge in [-0.15, -0.1) is 0 Å². The highest BCUT2D eigenvalue weighted by molar-refractivity contribution is 7.91. The Kier molecular flexibility index (Phi) is 8.15. The van der Waals surface area contributed by atoms with Crippen molar-refractivity contribution in [1.29, 1.82) is 0 Å². The number of hydrogen-bond donors (Lipinski definition) is 0. The quantitative estimate of drug-likeness (QED) is 0.315. The van der Waals surface area contributed by atoms with Crippen molar-refractivity contribution < 1.29 is 56.4 Å². The van der Waals surface area contributed by atoms with E-state index >= 15 is 0 Å². The first-order valence-corrected chi connectivity index (χ1v) is 22.4. The Hall–Kier alpha value is -0.450. The standard InChI is InChI=1S/C39H60O12S/c1-22-7-9-28-24(3)30(43-32-38(28)26(22)11-13-34(5,45-32)48-50-38)19-36(21-42-37(47-36)15-17-52(40,41)18-16-37)20-31-25(4)29-10-8-23(2)27-12-14-35(6)46-33(44-31)39(27,29)51-49-35/h22-33H,7-21H2,1-6H3/t22-,23-,24-,25-,26+,27+,28+,29+,30-,31-,32-,33-,34-,35-,38-,39-/m1/s1. The molecule has 0 N–H and O–H groups in total. The van der Waals surface area contributed by atoms with Gasteiger partial charge in [0.15, 0.2) is 39.4 Å². The van der Waals surface area contributed by atoms with Crippen LogP contribution in [0, 0.1) is 47.3 Å². The molecule has 0 aromatic carbocycles. The number of rotatable bonds is 4. The summed E-state index contributed by atoms with van der Waals surface area (Å²) in [5, 5.41) is 0. The molecule has 0 amide bonds. The third-order valence-corrected chi connectivity index (χ3v) is 18.0. The van der Waals surface area contributed by atoms with Crippen molar-refractivity contribution in [2.75, 3.05) is 18.1 Å². The molecule has 10 aliphatic heterocycles. The molecule has 10 heterocycles. The Bertz CT molecular complexity index is 1450. The highest BCUT2D eigenvalue weighted by Crippen LogP contribution is 2.64. The van der Waals surface area contributed by atoms with Crippen LogP contribution < -0.4 is 0 Å². The lowest BCUT2D eigenvalue weighted by atomic mass is 9.56. The van der Waals surface area contributed by atoms with E-state index in [0.29, 0.717) is 44.1 Å². The second-order valence-electron chi connectivity index (χ2n) is 19.4. The normalized spacial score (nSPS) is 56.7. The van der Waals surface area contributed by atoms with Crippen LogP contribution >= 0.6 is 0 Å². The van der Waals surface area contributed by atoms with Crippen LogP contribution in [0.25, 0.3) is 0 Å². The number of hydrogen-bond acceptors (Lipinski definition) is 12. The van der Waals surface area contributed by atoms with E-state index in [9.17, 15) is 8.42 Å². The third-order valence-electron chi connectivity index (χ3n) is 16.3. The van der Waals surface area contributed by atoms with E-state index in [4.69, 9.17) is 48.0 Å². The van der Waals surface area contributed by atoms with Crippen molar-refractivity contribution in [2.24, 2.45) is 47.3 Å². The summed E-state index contributed by atoms with van der Waals surface area (Å²) < 4.78 is 66.9. The molecule has 0 aromatic heterocycles. The summed E-state index contributed by atoms with van der Waals surface area (Å²) in [6.07, 6.45) is 8.01. The van der Waals surface area contributed by atoms with E-state index in [1.165, 1.54) is 0 Å². The highest BCUT2D eigenvalue weighted by atomic mass is 32.2. The van der Waals surface area contributed by atoms with Gasteiger partial charge >= 0.3 is 0 Å². The molecule has 12 aliphatic rings. The average molecular weight is 753 g/mol. The zero-order valence-electron chi connectivity index (χ0n) is 31.8. The first kappa shape index (κ1) is 35.9. The largest absolute Gasteiger partial charge is 0.347 e. The van der Waals surface area contributed by atoms with Crippen LogP contribution in [0.3, 0.4) is 0 Å². The van der Waals surface area contributed by atoms with E-state index in [1.807, 2.05) is 13.8 Å². The maximum Gasteiger partial charge on any atom is 0.201 e. The summed E-state index contributed by atoms with van der Waals surface area (Å²) in [4.78, 5) is 25.1. The third kappa shape index (κ3) is 5.15. The molecule has 12 fully saturated rings. The number of sulfone groups is 1. The van der Waals surface area contributed by atoms with Crippen LogP contribution in [-0.2, 0) is 57.8 Å². The highest BCUT2D eigenvalue weighted by Gasteiger charge is 2.72. The summed E-state index contributed by atoms with van der Waals surface area (Å²) in [7, 11) is -3.13. The molecule has 0 unspecified atom stereocenters. The molecular formula is C39H60O12S. The predicted octanol–water partition coefficient (Wildman–Crippen LogP) is 5.96. The smallest absolute Gasteiger partial charge is 0.201 e. The van der Waals surface area contributed by atoms with Crippen molar-refractivity contribution in [2.45, 2.75) is 178 Å². The van der Waals surface area contributed by atoms with E-state index in [2.05, 4.69) is 27.7 Å². The lowest BCUT2D eigenvalue weighted by Gasteiger charge is -2.61. The van der Waals surface area contributed by atoms with Gasteiger partial charge in [-0.25, -0.2) is 28.0 Å². The molecule has 4 bridgehead atoms. The molecule has 13 heteroatoms. The minimum Gasteiger partial charge on any atom is -0.347 e. The van der Waals surface area contributed by atoms with Gasteiger partial charge in [-0.1, -0.05) is 27.7 Å². The Morgan fingerprint density at radius 2 is 1.08 bits per heavy atom. The van der Waals surface area contributed by atoms with Crippen LogP contribution in [0.4, 0.5) is 0 Å². The summed E-state index contributed by atoms with van der Waals surface area (Å²) in [5.74, 6) is -0.400. The Morgan fingerprint density at radius 1 is 0.596 bits per heavy atom. The molecular weight excluding hydrogens is 692 g/mol. The molecule has 2 aliphatic carbocycles.